The highest BCUT2D eigenvalue weighted by Crippen LogP contribution is 2.42. The SMILES string of the molecule is Cc1cc(Cl)cc2c1OC1(CCN(C(=O)c3c4c(nc5ccc(Cl)cc35)CCC4)CC1)CC2=O. The summed E-state index contributed by atoms with van der Waals surface area (Å²) in [6.07, 6.45) is 4.30. The molecule has 3 heterocycles. The minimum absolute atomic E-state index is 0.0214. The lowest BCUT2D eigenvalue weighted by molar-refractivity contribution is -0.00614. The molecule has 1 saturated heterocycles. The molecule has 1 amide bonds. The Kier molecular flexibility index (Phi) is 5.12. The van der Waals surface area contributed by atoms with E-state index in [-0.39, 0.29) is 11.7 Å². The molecule has 0 bridgehead atoms. The van der Waals surface area contributed by atoms with Gasteiger partial charge in [-0.05, 0) is 67.6 Å². The number of fused-ring (bicyclic) bond motifs is 3. The maximum atomic E-state index is 13.8. The fourth-order valence-corrected chi connectivity index (χ4v) is 6.19. The van der Waals surface area contributed by atoms with Crippen molar-refractivity contribution in [2.24, 2.45) is 0 Å². The van der Waals surface area contributed by atoms with Crippen molar-refractivity contribution in [1.29, 1.82) is 0 Å². The number of ether oxygens (including phenoxy) is 1. The Bertz CT molecular complexity index is 1380. The van der Waals surface area contributed by atoms with Crippen LogP contribution in [0.15, 0.2) is 30.3 Å². The predicted octanol–water partition coefficient (Wildman–Crippen LogP) is 5.98. The first-order chi connectivity index (χ1) is 16.3. The molecule has 2 aromatic carbocycles. The molecular formula is C27H24Cl2N2O3. The first-order valence-corrected chi connectivity index (χ1v) is 12.5. The van der Waals surface area contributed by atoms with E-state index in [2.05, 4.69) is 0 Å². The van der Waals surface area contributed by atoms with Gasteiger partial charge in [0.25, 0.3) is 5.91 Å². The summed E-state index contributed by atoms with van der Waals surface area (Å²) in [6, 6.07) is 9.09. The molecule has 174 valence electrons. The average molecular weight is 495 g/mol. The summed E-state index contributed by atoms with van der Waals surface area (Å²) >= 11 is 12.5. The van der Waals surface area contributed by atoms with Crippen LogP contribution in [-0.2, 0) is 12.8 Å². The van der Waals surface area contributed by atoms with Crippen LogP contribution >= 0.6 is 23.2 Å². The van der Waals surface area contributed by atoms with Crippen LogP contribution in [0, 0.1) is 6.92 Å². The van der Waals surface area contributed by atoms with Crippen molar-refractivity contribution in [2.75, 3.05) is 13.1 Å². The number of piperidine rings is 1. The van der Waals surface area contributed by atoms with Gasteiger partial charge in [0.2, 0.25) is 0 Å². The number of likely N-dealkylation sites (tertiary alicyclic amines) is 1. The van der Waals surface area contributed by atoms with Crippen LogP contribution in [0.1, 0.15) is 63.2 Å². The number of hydrogen-bond acceptors (Lipinski definition) is 4. The van der Waals surface area contributed by atoms with Crippen molar-refractivity contribution < 1.29 is 14.3 Å². The van der Waals surface area contributed by atoms with Gasteiger partial charge in [-0.15, -0.1) is 0 Å². The molecule has 3 aliphatic rings. The normalized spacial score (nSPS) is 18.7. The third-order valence-electron chi connectivity index (χ3n) is 7.49. The van der Waals surface area contributed by atoms with Gasteiger partial charge in [-0.2, -0.15) is 0 Å². The van der Waals surface area contributed by atoms with E-state index in [1.807, 2.05) is 36.1 Å². The Labute approximate surface area is 208 Å². The number of rotatable bonds is 1. The Balaban J connectivity index is 1.30. The number of nitrogens with zero attached hydrogens (tertiary/aromatic N) is 2. The van der Waals surface area contributed by atoms with E-state index in [1.165, 1.54) is 0 Å². The van der Waals surface area contributed by atoms with Crippen LogP contribution in [0.25, 0.3) is 10.9 Å². The first-order valence-electron chi connectivity index (χ1n) is 11.8. The summed E-state index contributed by atoms with van der Waals surface area (Å²) < 4.78 is 6.47. The quantitative estimate of drug-likeness (QED) is 0.417. The van der Waals surface area contributed by atoms with Crippen molar-refractivity contribution in [3.8, 4) is 5.75 Å². The first kappa shape index (κ1) is 21.9. The van der Waals surface area contributed by atoms with Crippen LogP contribution in [-0.4, -0.2) is 40.3 Å². The summed E-state index contributed by atoms with van der Waals surface area (Å²) in [7, 11) is 0. The lowest BCUT2D eigenvalue weighted by Crippen LogP contribution is -2.52. The number of Topliss-reactive ketones (excluding diaryl/α,β-unsaturated/α-hetero) is 1. The van der Waals surface area contributed by atoms with E-state index >= 15 is 0 Å². The second-order valence-corrected chi connectivity index (χ2v) is 10.6. The smallest absolute Gasteiger partial charge is 0.254 e. The zero-order valence-corrected chi connectivity index (χ0v) is 20.4. The zero-order valence-electron chi connectivity index (χ0n) is 18.9. The number of benzene rings is 2. The summed E-state index contributed by atoms with van der Waals surface area (Å²) in [5.74, 6) is 0.709. The topological polar surface area (TPSA) is 59.5 Å². The standard InChI is InChI=1S/C27H24Cl2N2O3/c1-15-11-17(29)13-20-23(32)14-27(34-25(15)20)7-9-31(10-8-27)26(33)24-18-3-2-4-21(18)30-22-6-5-16(28)12-19(22)24/h5-6,11-13H,2-4,7-10,14H2,1H3. The third-order valence-corrected chi connectivity index (χ3v) is 7.94. The van der Waals surface area contributed by atoms with Gasteiger partial charge in [-0.1, -0.05) is 23.2 Å². The maximum absolute atomic E-state index is 13.8. The van der Waals surface area contributed by atoms with E-state index in [0.29, 0.717) is 53.7 Å². The molecule has 7 heteroatoms. The Morgan fingerprint density at radius 3 is 2.68 bits per heavy atom. The highest BCUT2D eigenvalue weighted by atomic mass is 35.5. The van der Waals surface area contributed by atoms with Gasteiger partial charge in [0.05, 0.1) is 23.1 Å². The van der Waals surface area contributed by atoms with Crippen molar-refractivity contribution in [3.63, 3.8) is 0 Å². The van der Waals surface area contributed by atoms with Crippen molar-refractivity contribution in [1.82, 2.24) is 9.88 Å². The van der Waals surface area contributed by atoms with Crippen LogP contribution in [0.3, 0.4) is 0 Å². The van der Waals surface area contributed by atoms with E-state index in [4.69, 9.17) is 32.9 Å². The molecule has 5 nitrogen and oxygen atoms in total. The second kappa shape index (κ2) is 7.96. The molecule has 6 rings (SSSR count). The fraction of sp³-hybridized carbons (Fsp3) is 0.370. The predicted molar refractivity (Wildman–Crippen MR) is 132 cm³/mol. The van der Waals surface area contributed by atoms with E-state index in [0.717, 1.165) is 52.5 Å². The van der Waals surface area contributed by atoms with Crippen LogP contribution in [0.2, 0.25) is 10.0 Å². The Morgan fingerprint density at radius 2 is 1.88 bits per heavy atom. The van der Waals surface area contributed by atoms with Gasteiger partial charge in [0.1, 0.15) is 11.4 Å². The van der Waals surface area contributed by atoms with Crippen LogP contribution in [0.5, 0.6) is 5.75 Å². The number of halogens is 2. The molecule has 0 unspecified atom stereocenters. The number of aromatic nitrogens is 1. The number of carbonyl (C=O) groups excluding carboxylic acids is 2. The highest BCUT2D eigenvalue weighted by Gasteiger charge is 2.44. The van der Waals surface area contributed by atoms with Gasteiger partial charge < -0.3 is 9.64 Å². The van der Waals surface area contributed by atoms with Gasteiger partial charge in [-0.25, -0.2) is 0 Å². The lowest BCUT2D eigenvalue weighted by Gasteiger charge is -2.44. The molecule has 2 aliphatic heterocycles. The summed E-state index contributed by atoms with van der Waals surface area (Å²) in [6.45, 7) is 2.98. The van der Waals surface area contributed by atoms with E-state index < -0.39 is 5.60 Å². The summed E-state index contributed by atoms with van der Waals surface area (Å²) in [4.78, 5) is 33.5. The maximum Gasteiger partial charge on any atom is 0.254 e. The largest absolute Gasteiger partial charge is 0.486 e. The van der Waals surface area contributed by atoms with Crippen molar-refractivity contribution in [2.45, 2.75) is 51.0 Å². The summed E-state index contributed by atoms with van der Waals surface area (Å²) in [5.41, 5.74) is 4.49. The van der Waals surface area contributed by atoms with Gasteiger partial charge in [-0.3, -0.25) is 14.6 Å². The molecule has 0 saturated carbocycles. The average Bonchev–Trinajstić information content (AvgIpc) is 3.27. The van der Waals surface area contributed by atoms with Gasteiger partial charge in [0.15, 0.2) is 5.78 Å². The second-order valence-electron chi connectivity index (χ2n) is 9.70. The zero-order chi connectivity index (χ0) is 23.6. The fourth-order valence-electron chi connectivity index (χ4n) is 5.75. The molecule has 1 fully saturated rings. The molecule has 1 aliphatic carbocycles. The molecule has 0 N–H and O–H groups in total. The molecular weight excluding hydrogens is 471 g/mol. The molecule has 1 aromatic heterocycles. The molecule has 1 spiro atoms. The monoisotopic (exact) mass is 494 g/mol. The number of pyridine rings is 1. The van der Waals surface area contributed by atoms with Crippen LogP contribution < -0.4 is 4.74 Å². The number of aryl methyl sites for hydroxylation is 2. The molecule has 34 heavy (non-hydrogen) atoms. The molecule has 3 aromatic rings. The number of amides is 1. The minimum atomic E-state index is -0.578. The highest BCUT2D eigenvalue weighted by molar-refractivity contribution is 6.31. The number of carbonyl (C=O) groups is 2. The molecule has 0 radical (unpaired) electrons. The van der Waals surface area contributed by atoms with E-state index in [9.17, 15) is 9.59 Å². The van der Waals surface area contributed by atoms with Gasteiger partial charge in [0, 0.05) is 47.1 Å². The third kappa shape index (κ3) is 3.48. The number of ketones is 1. The van der Waals surface area contributed by atoms with Crippen molar-refractivity contribution in [3.05, 3.63) is 68.3 Å². The van der Waals surface area contributed by atoms with Crippen LogP contribution in [0.4, 0.5) is 0 Å². The minimum Gasteiger partial charge on any atom is -0.486 e. The van der Waals surface area contributed by atoms with E-state index in [1.54, 1.807) is 6.07 Å². The molecule has 0 atom stereocenters. The Hall–Kier alpha value is -2.63. The summed E-state index contributed by atoms with van der Waals surface area (Å²) in [5, 5.41) is 1.97. The number of hydrogen-bond donors (Lipinski definition) is 0. The lowest BCUT2D eigenvalue weighted by atomic mass is 9.81. The Morgan fingerprint density at radius 1 is 1.09 bits per heavy atom. The van der Waals surface area contributed by atoms with Crippen molar-refractivity contribution >= 4 is 45.8 Å². The van der Waals surface area contributed by atoms with Gasteiger partial charge >= 0.3 is 0 Å².